The lowest BCUT2D eigenvalue weighted by Crippen LogP contribution is -2.48. The molecule has 7 nitrogen and oxygen atoms in total. The van der Waals surface area contributed by atoms with Crippen molar-refractivity contribution in [2.75, 3.05) is 19.6 Å². The Morgan fingerprint density at radius 2 is 1.60 bits per heavy atom. The highest BCUT2D eigenvalue weighted by atomic mass is 16.4. The number of urea groups is 1. The molecule has 20 heavy (non-hydrogen) atoms. The Labute approximate surface area is 118 Å². The van der Waals surface area contributed by atoms with E-state index < -0.39 is 31.1 Å². The molecule has 0 aromatic carbocycles. The molecule has 0 aliphatic heterocycles. The normalized spacial score (nSPS) is 14.2. The van der Waals surface area contributed by atoms with Crippen molar-refractivity contribution >= 4 is 18.0 Å². The number of nitrogens with zero attached hydrogens (tertiary/aromatic N) is 2. The third-order valence-corrected chi connectivity index (χ3v) is 3.10. The second kappa shape index (κ2) is 7.12. The molecule has 2 N–H and O–H groups in total. The lowest BCUT2D eigenvalue weighted by molar-refractivity contribution is -0.140. The molecule has 7 heteroatoms. The molecule has 0 radical (unpaired) electrons. The molecule has 0 heterocycles. The number of rotatable bonds is 8. The zero-order valence-corrected chi connectivity index (χ0v) is 11.9. The summed E-state index contributed by atoms with van der Waals surface area (Å²) >= 11 is 0. The van der Waals surface area contributed by atoms with Crippen molar-refractivity contribution < 1.29 is 24.6 Å². The van der Waals surface area contributed by atoms with Gasteiger partial charge in [0, 0.05) is 12.6 Å². The van der Waals surface area contributed by atoms with Crippen molar-refractivity contribution in [2.45, 2.75) is 39.2 Å². The fraction of sp³-hybridized carbons (Fsp3) is 0.769. The molecule has 114 valence electrons. The van der Waals surface area contributed by atoms with E-state index in [-0.39, 0.29) is 6.04 Å². The van der Waals surface area contributed by atoms with Gasteiger partial charge in [-0.2, -0.15) is 0 Å². The molecule has 1 aliphatic carbocycles. The van der Waals surface area contributed by atoms with Crippen molar-refractivity contribution in [3.63, 3.8) is 0 Å². The standard InChI is InChI=1S/C13H22N2O5/c1-9(2)5-6-15(10-3-4-10)13(20)14(7-11(16)17)8-12(18)19/h9-10H,3-8H2,1-2H3,(H,16,17)(H,18,19). The van der Waals surface area contributed by atoms with Gasteiger partial charge in [0.15, 0.2) is 0 Å². The van der Waals surface area contributed by atoms with Gasteiger partial charge in [-0.05, 0) is 25.2 Å². The Balaban J connectivity index is 2.71. The first-order chi connectivity index (χ1) is 9.31. The van der Waals surface area contributed by atoms with Gasteiger partial charge in [-0.15, -0.1) is 0 Å². The van der Waals surface area contributed by atoms with Gasteiger partial charge in [-0.25, -0.2) is 4.79 Å². The second-order valence-corrected chi connectivity index (χ2v) is 5.53. The molecule has 1 rings (SSSR count). The quantitative estimate of drug-likeness (QED) is 0.696. The Hall–Kier alpha value is -1.79. The highest BCUT2D eigenvalue weighted by molar-refractivity contribution is 5.84. The predicted molar refractivity (Wildman–Crippen MR) is 71.4 cm³/mol. The first-order valence-electron chi connectivity index (χ1n) is 6.80. The summed E-state index contributed by atoms with van der Waals surface area (Å²) in [7, 11) is 0. The minimum absolute atomic E-state index is 0.131. The van der Waals surface area contributed by atoms with Crippen LogP contribution in [0.25, 0.3) is 0 Å². The van der Waals surface area contributed by atoms with Crippen LogP contribution in [-0.2, 0) is 9.59 Å². The van der Waals surface area contributed by atoms with Crippen LogP contribution in [0.15, 0.2) is 0 Å². The van der Waals surface area contributed by atoms with E-state index in [2.05, 4.69) is 0 Å². The number of hydrogen-bond donors (Lipinski definition) is 2. The molecule has 1 fully saturated rings. The maximum absolute atomic E-state index is 12.3. The molecule has 0 aromatic rings. The third-order valence-electron chi connectivity index (χ3n) is 3.10. The zero-order chi connectivity index (χ0) is 15.3. The van der Waals surface area contributed by atoms with Crippen molar-refractivity contribution in [2.24, 2.45) is 5.92 Å². The summed E-state index contributed by atoms with van der Waals surface area (Å²) in [4.78, 5) is 36.4. The average molecular weight is 286 g/mol. The Bertz CT molecular complexity index is 363. The third kappa shape index (κ3) is 5.46. The molecule has 1 aliphatic rings. The van der Waals surface area contributed by atoms with Crippen molar-refractivity contribution in [3.05, 3.63) is 0 Å². The highest BCUT2D eigenvalue weighted by Gasteiger charge is 2.35. The van der Waals surface area contributed by atoms with E-state index in [0.29, 0.717) is 12.5 Å². The Morgan fingerprint density at radius 3 is 1.95 bits per heavy atom. The Morgan fingerprint density at radius 1 is 1.10 bits per heavy atom. The largest absolute Gasteiger partial charge is 0.480 e. The zero-order valence-electron chi connectivity index (χ0n) is 11.9. The molecular weight excluding hydrogens is 264 g/mol. The van der Waals surface area contributed by atoms with Crippen LogP contribution in [-0.4, -0.2) is 63.7 Å². The van der Waals surface area contributed by atoms with E-state index in [1.165, 1.54) is 0 Å². The SMILES string of the molecule is CC(C)CCN(C(=O)N(CC(=O)O)CC(=O)O)C1CC1. The van der Waals surface area contributed by atoms with Crippen molar-refractivity contribution in [1.29, 1.82) is 0 Å². The summed E-state index contributed by atoms with van der Waals surface area (Å²) in [6.07, 6.45) is 2.62. The maximum atomic E-state index is 12.3. The number of amides is 2. The molecular formula is C13H22N2O5. The molecule has 0 spiro atoms. The summed E-state index contributed by atoms with van der Waals surface area (Å²) in [6.45, 7) is 3.45. The van der Waals surface area contributed by atoms with Gasteiger partial charge in [0.2, 0.25) is 0 Å². The van der Waals surface area contributed by atoms with Gasteiger partial charge < -0.3 is 20.0 Å². The van der Waals surface area contributed by atoms with E-state index in [0.717, 1.165) is 24.2 Å². The first-order valence-corrected chi connectivity index (χ1v) is 6.80. The molecule has 0 aromatic heterocycles. The molecule has 0 atom stereocenters. The molecule has 1 saturated carbocycles. The van der Waals surface area contributed by atoms with Crippen LogP contribution in [0.4, 0.5) is 4.79 Å². The summed E-state index contributed by atoms with van der Waals surface area (Å²) in [6, 6.07) is -0.357. The van der Waals surface area contributed by atoms with Crippen molar-refractivity contribution in [3.8, 4) is 0 Å². The van der Waals surface area contributed by atoms with Crippen LogP contribution >= 0.6 is 0 Å². The van der Waals surface area contributed by atoms with Gasteiger partial charge in [-0.3, -0.25) is 9.59 Å². The van der Waals surface area contributed by atoms with Gasteiger partial charge in [0.05, 0.1) is 0 Å². The maximum Gasteiger partial charge on any atom is 0.323 e. The second-order valence-electron chi connectivity index (χ2n) is 5.53. The lowest BCUT2D eigenvalue weighted by Gasteiger charge is -2.29. The van der Waals surface area contributed by atoms with Gasteiger partial charge in [0.1, 0.15) is 13.1 Å². The summed E-state index contributed by atoms with van der Waals surface area (Å²) in [5.74, 6) is -1.99. The van der Waals surface area contributed by atoms with Crippen LogP contribution < -0.4 is 0 Å². The summed E-state index contributed by atoms with van der Waals surface area (Å²) < 4.78 is 0. The van der Waals surface area contributed by atoms with Crippen LogP contribution in [0.2, 0.25) is 0 Å². The number of aliphatic carboxylic acids is 2. The number of carboxylic acids is 2. The number of carboxylic acid groups (broad SMARTS) is 2. The average Bonchev–Trinajstić information content (AvgIpc) is 3.10. The van der Waals surface area contributed by atoms with Gasteiger partial charge in [0.25, 0.3) is 0 Å². The smallest absolute Gasteiger partial charge is 0.323 e. The van der Waals surface area contributed by atoms with E-state index >= 15 is 0 Å². The molecule has 0 saturated heterocycles. The molecule has 2 amide bonds. The number of carbonyl (C=O) groups is 3. The monoisotopic (exact) mass is 286 g/mol. The fourth-order valence-electron chi connectivity index (χ4n) is 1.92. The van der Waals surface area contributed by atoms with Crippen LogP contribution in [0, 0.1) is 5.92 Å². The summed E-state index contributed by atoms with van der Waals surface area (Å²) in [5, 5.41) is 17.6. The first kappa shape index (κ1) is 16.3. The van der Waals surface area contributed by atoms with Crippen LogP contribution in [0.5, 0.6) is 0 Å². The lowest BCUT2D eigenvalue weighted by atomic mass is 10.1. The van der Waals surface area contributed by atoms with Gasteiger partial charge in [-0.1, -0.05) is 13.8 Å². The van der Waals surface area contributed by atoms with E-state index in [9.17, 15) is 14.4 Å². The van der Waals surface area contributed by atoms with E-state index in [4.69, 9.17) is 10.2 Å². The fourth-order valence-corrected chi connectivity index (χ4v) is 1.92. The highest BCUT2D eigenvalue weighted by Crippen LogP contribution is 2.28. The Kier molecular flexibility index (Phi) is 5.79. The summed E-state index contributed by atoms with van der Waals surface area (Å²) in [5.41, 5.74) is 0. The van der Waals surface area contributed by atoms with E-state index in [1.54, 1.807) is 4.90 Å². The topological polar surface area (TPSA) is 98.2 Å². The van der Waals surface area contributed by atoms with Crippen LogP contribution in [0.3, 0.4) is 0 Å². The van der Waals surface area contributed by atoms with E-state index in [1.807, 2.05) is 13.8 Å². The van der Waals surface area contributed by atoms with Crippen molar-refractivity contribution in [1.82, 2.24) is 9.80 Å². The minimum Gasteiger partial charge on any atom is -0.480 e. The minimum atomic E-state index is -1.21. The van der Waals surface area contributed by atoms with Crippen LogP contribution in [0.1, 0.15) is 33.1 Å². The number of carbonyl (C=O) groups excluding carboxylic acids is 1. The molecule has 0 bridgehead atoms. The molecule has 0 unspecified atom stereocenters. The van der Waals surface area contributed by atoms with Gasteiger partial charge >= 0.3 is 18.0 Å². The number of hydrogen-bond acceptors (Lipinski definition) is 3. The predicted octanol–water partition coefficient (Wildman–Crippen LogP) is 1.09.